The van der Waals surface area contributed by atoms with Gasteiger partial charge in [-0.3, -0.25) is 19.3 Å². The first-order chi connectivity index (χ1) is 17.3. The number of carbonyl (C=O) groups is 2. The van der Waals surface area contributed by atoms with E-state index in [1.807, 2.05) is 0 Å². The number of pyridine rings is 1. The second-order valence-electron chi connectivity index (χ2n) is 8.09. The van der Waals surface area contributed by atoms with Crippen molar-refractivity contribution in [3.63, 3.8) is 0 Å². The van der Waals surface area contributed by atoms with Crippen LogP contribution >= 0.6 is 11.3 Å². The molecule has 0 saturated carbocycles. The number of aromatic nitrogens is 2. The number of hydrogen-bond acceptors (Lipinski definition) is 7. The summed E-state index contributed by atoms with van der Waals surface area (Å²) in [5, 5.41) is 2.31. The number of rotatable bonds is 5. The Balaban J connectivity index is 1.28. The molecule has 1 saturated heterocycles. The van der Waals surface area contributed by atoms with Gasteiger partial charge in [-0.25, -0.2) is 17.8 Å². The number of anilines is 1. The van der Waals surface area contributed by atoms with Crippen molar-refractivity contribution in [2.45, 2.75) is 4.90 Å². The molecule has 4 aromatic rings. The molecule has 0 atom stereocenters. The molecule has 184 valence electrons. The number of piperazine rings is 1. The van der Waals surface area contributed by atoms with Crippen LogP contribution < -0.4 is 4.72 Å². The number of carbonyl (C=O) groups excluding carboxylic acids is 2. The largest absolute Gasteiger partial charge is 0.335 e. The summed E-state index contributed by atoms with van der Waals surface area (Å²) >= 11 is 1.33. The van der Waals surface area contributed by atoms with Gasteiger partial charge in [-0.2, -0.15) is 0 Å². The molecule has 3 heterocycles. The third-order valence-corrected chi connectivity index (χ3v) is 7.83. The van der Waals surface area contributed by atoms with Crippen molar-refractivity contribution in [2.24, 2.45) is 0 Å². The van der Waals surface area contributed by atoms with Crippen molar-refractivity contribution >= 4 is 49.8 Å². The van der Waals surface area contributed by atoms with Gasteiger partial charge in [-0.1, -0.05) is 18.2 Å². The minimum Gasteiger partial charge on any atom is -0.335 e. The lowest BCUT2D eigenvalue weighted by atomic mass is 10.1. The standard InChI is InChI=1S/C24H20FN5O4S2/c25-18-13-17(23(31)29-9-11-30(12-10-29)24(32)20-14-35-15-27-20)6-7-19(18)28-36(33,34)21-5-1-3-16-4-2-8-26-22(16)21/h1-8,13-15,28H,9-12H2. The summed E-state index contributed by atoms with van der Waals surface area (Å²) in [5.41, 5.74) is 2.04. The van der Waals surface area contributed by atoms with Crippen LogP contribution in [0.2, 0.25) is 0 Å². The topological polar surface area (TPSA) is 113 Å². The van der Waals surface area contributed by atoms with Crippen molar-refractivity contribution < 1.29 is 22.4 Å². The molecule has 12 heteroatoms. The first-order valence-corrected chi connectivity index (χ1v) is 13.4. The Hall–Kier alpha value is -3.90. The quantitative estimate of drug-likeness (QED) is 0.428. The molecular weight excluding hydrogens is 505 g/mol. The molecule has 1 fully saturated rings. The highest BCUT2D eigenvalue weighted by Crippen LogP contribution is 2.25. The van der Waals surface area contributed by atoms with Crippen LogP contribution in [0.25, 0.3) is 10.9 Å². The zero-order valence-corrected chi connectivity index (χ0v) is 20.4. The maximum atomic E-state index is 14.9. The van der Waals surface area contributed by atoms with Crippen LogP contribution in [-0.4, -0.2) is 66.2 Å². The molecule has 0 radical (unpaired) electrons. The lowest BCUT2D eigenvalue weighted by Gasteiger charge is -2.34. The predicted octanol–water partition coefficient (Wildman–Crippen LogP) is 3.23. The second kappa shape index (κ2) is 9.63. The van der Waals surface area contributed by atoms with Crippen molar-refractivity contribution in [1.82, 2.24) is 19.8 Å². The van der Waals surface area contributed by atoms with Crippen LogP contribution in [0.4, 0.5) is 10.1 Å². The summed E-state index contributed by atoms with van der Waals surface area (Å²) in [6.07, 6.45) is 1.48. The number of thiazole rings is 1. The van der Waals surface area contributed by atoms with Gasteiger partial charge in [0.1, 0.15) is 16.4 Å². The second-order valence-corrected chi connectivity index (χ2v) is 10.5. The minimum atomic E-state index is -4.14. The van der Waals surface area contributed by atoms with Crippen LogP contribution in [0.3, 0.4) is 0 Å². The Morgan fingerprint density at radius 2 is 1.67 bits per heavy atom. The summed E-state index contributed by atoms with van der Waals surface area (Å²) in [5.74, 6) is -1.47. The maximum Gasteiger partial charge on any atom is 0.273 e. The Kier molecular flexibility index (Phi) is 6.37. The Morgan fingerprint density at radius 1 is 0.944 bits per heavy atom. The van der Waals surface area contributed by atoms with Crippen LogP contribution in [0.5, 0.6) is 0 Å². The fourth-order valence-electron chi connectivity index (χ4n) is 4.00. The van der Waals surface area contributed by atoms with Crippen LogP contribution in [0, 0.1) is 5.82 Å². The normalized spacial score (nSPS) is 14.1. The predicted molar refractivity (Wildman–Crippen MR) is 133 cm³/mol. The molecular formula is C24H20FN5O4S2. The van der Waals surface area contributed by atoms with E-state index >= 15 is 0 Å². The van der Waals surface area contributed by atoms with E-state index in [2.05, 4.69) is 14.7 Å². The SMILES string of the molecule is O=C(c1ccc(NS(=O)(=O)c2cccc3cccnc23)c(F)c1)N1CCN(C(=O)c2cscn2)CC1. The van der Waals surface area contributed by atoms with Gasteiger partial charge < -0.3 is 9.80 Å². The molecule has 9 nitrogen and oxygen atoms in total. The van der Waals surface area contributed by atoms with Crippen LogP contribution in [0.1, 0.15) is 20.8 Å². The van der Waals surface area contributed by atoms with E-state index in [1.165, 1.54) is 40.6 Å². The number of benzene rings is 2. The number of amides is 2. The molecule has 2 aromatic carbocycles. The molecule has 1 aliphatic heterocycles. The van der Waals surface area contributed by atoms with Crippen molar-refractivity contribution in [3.8, 4) is 0 Å². The molecule has 1 N–H and O–H groups in total. The third-order valence-electron chi connectivity index (χ3n) is 5.85. The number of sulfonamides is 1. The average molecular weight is 526 g/mol. The highest BCUT2D eigenvalue weighted by atomic mass is 32.2. The highest BCUT2D eigenvalue weighted by molar-refractivity contribution is 7.93. The fourth-order valence-corrected chi connectivity index (χ4v) is 5.77. The summed E-state index contributed by atoms with van der Waals surface area (Å²) in [4.78, 5) is 36.6. The zero-order valence-electron chi connectivity index (χ0n) is 18.8. The Morgan fingerprint density at radius 3 is 2.36 bits per heavy atom. The summed E-state index contributed by atoms with van der Waals surface area (Å²) in [6.45, 7) is 1.25. The first-order valence-electron chi connectivity index (χ1n) is 11.0. The van der Waals surface area contributed by atoms with E-state index in [4.69, 9.17) is 0 Å². The fraction of sp³-hybridized carbons (Fsp3) is 0.167. The van der Waals surface area contributed by atoms with E-state index in [0.29, 0.717) is 37.3 Å². The number of para-hydroxylation sites is 1. The third kappa shape index (κ3) is 4.64. The van der Waals surface area contributed by atoms with E-state index in [-0.39, 0.29) is 27.6 Å². The number of hydrogen-bond donors (Lipinski definition) is 1. The molecule has 2 amide bonds. The summed E-state index contributed by atoms with van der Waals surface area (Å²) in [7, 11) is -4.14. The van der Waals surface area contributed by atoms with Gasteiger partial charge in [-0.05, 0) is 30.3 Å². The molecule has 1 aliphatic rings. The minimum absolute atomic E-state index is 0.0785. The van der Waals surface area contributed by atoms with E-state index in [9.17, 15) is 22.4 Å². The average Bonchev–Trinajstić information content (AvgIpc) is 3.44. The van der Waals surface area contributed by atoms with Crippen LogP contribution in [-0.2, 0) is 10.0 Å². The number of nitrogens with zero attached hydrogens (tertiary/aromatic N) is 4. The lowest BCUT2D eigenvalue weighted by molar-refractivity contribution is 0.0532. The van der Waals surface area contributed by atoms with E-state index in [1.54, 1.807) is 40.1 Å². The van der Waals surface area contributed by atoms with Gasteiger partial charge in [0.2, 0.25) is 0 Å². The Bertz CT molecular complexity index is 1550. The Labute approximate surface area is 210 Å². The van der Waals surface area contributed by atoms with Crippen molar-refractivity contribution in [3.05, 3.63) is 82.7 Å². The van der Waals surface area contributed by atoms with Crippen molar-refractivity contribution in [1.29, 1.82) is 0 Å². The van der Waals surface area contributed by atoms with Gasteiger partial charge in [0.05, 0.1) is 16.7 Å². The lowest BCUT2D eigenvalue weighted by Crippen LogP contribution is -2.50. The number of halogens is 1. The monoisotopic (exact) mass is 525 g/mol. The summed E-state index contributed by atoms with van der Waals surface area (Å²) < 4.78 is 43.1. The molecule has 0 bridgehead atoms. The number of nitrogens with one attached hydrogen (secondary N) is 1. The molecule has 0 spiro atoms. The molecule has 0 aliphatic carbocycles. The molecule has 36 heavy (non-hydrogen) atoms. The van der Waals surface area contributed by atoms with Gasteiger partial charge in [0, 0.05) is 48.7 Å². The van der Waals surface area contributed by atoms with Gasteiger partial charge in [-0.15, -0.1) is 11.3 Å². The van der Waals surface area contributed by atoms with E-state index in [0.717, 1.165) is 6.07 Å². The molecule has 5 rings (SSSR count). The maximum absolute atomic E-state index is 14.9. The smallest absolute Gasteiger partial charge is 0.273 e. The van der Waals surface area contributed by atoms with Crippen LogP contribution in [0.15, 0.2) is 70.5 Å². The van der Waals surface area contributed by atoms with E-state index < -0.39 is 21.7 Å². The van der Waals surface area contributed by atoms with Gasteiger partial charge >= 0.3 is 0 Å². The van der Waals surface area contributed by atoms with Gasteiger partial charge in [0.15, 0.2) is 0 Å². The summed E-state index contributed by atoms with van der Waals surface area (Å²) in [6, 6.07) is 11.7. The van der Waals surface area contributed by atoms with Crippen molar-refractivity contribution in [2.75, 3.05) is 30.9 Å². The highest BCUT2D eigenvalue weighted by Gasteiger charge is 2.27. The first kappa shape index (κ1) is 23.8. The molecule has 0 unspecified atom stereocenters. The number of fused-ring (bicyclic) bond motifs is 1. The van der Waals surface area contributed by atoms with Gasteiger partial charge in [0.25, 0.3) is 21.8 Å². The molecule has 2 aromatic heterocycles. The zero-order chi connectivity index (χ0) is 25.3.